The second-order valence-electron chi connectivity index (χ2n) is 8.58. The Balaban J connectivity index is 1.74. The molecule has 180 valence electrons. The molecule has 3 N–H and O–H groups in total. The first kappa shape index (κ1) is 24.3. The lowest BCUT2D eigenvalue weighted by atomic mass is 9.77. The predicted octanol–water partition coefficient (Wildman–Crippen LogP) is 2.79. The first-order valence-corrected chi connectivity index (χ1v) is 11.9. The van der Waals surface area contributed by atoms with E-state index in [9.17, 15) is 19.8 Å². The Labute approximate surface area is 204 Å². The Morgan fingerprint density at radius 3 is 2.59 bits per heavy atom. The Morgan fingerprint density at radius 2 is 1.88 bits per heavy atom. The topological polar surface area (TPSA) is 99.1 Å². The molecule has 2 aromatic carbocycles. The molecular formula is C26H29ClN2O5. The number of benzene rings is 2. The molecule has 4 atom stereocenters. The highest BCUT2D eigenvalue weighted by Crippen LogP contribution is 2.47. The fraction of sp³-hybridized carbons (Fsp3) is 0.385. The van der Waals surface area contributed by atoms with Crippen LogP contribution in [0.15, 0.2) is 60.2 Å². The van der Waals surface area contributed by atoms with Gasteiger partial charge in [-0.3, -0.25) is 9.59 Å². The summed E-state index contributed by atoms with van der Waals surface area (Å²) in [5.74, 6) is -0.334. The Morgan fingerprint density at radius 1 is 1.15 bits per heavy atom. The van der Waals surface area contributed by atoms with E-state index in [1.54, 1.807) is 23.1 Å². The van der Waals surface area contributed by atoms with Gasteiger partial charge in [0, 0.05) is 35.7 Å². The summed E-state index contributed by atoms with van der Waals surface area (Å²) >= 11 is 6.02. The molecule has 8 heteroatoms. The van der Waals surface area contributed by atoms with Crippen LogP contribution in [-0.2, 0) is 16.1 Å². The summed E-state index contributed by atoms with van der Waals surface area (Å²) in [5, 5.41) is 23.9. The maximum atomic E-state index is 13.2. The van der Waals surface area contributed by atoms with Gasteiger partial charge in [0.15, 0.2) is 0 Å². The van der Waals surface area contributed by atoms with Gasteiger partial charge in [0.1, 0.15) is 18.0 Å². The van der Waals surface area contributed by atoms with E-state index in [1.165, 1.54) is 0 Å². The number of carbonyl (C=O) groups is 2. The van der Waals surface area contributed by atoms with Crippen molar-refractivity contribution in [3.05, 3.63) is 76.3 Å². The van der Waals surface area contributed by atoms with Gasteiger partial charge in [-0.15, -0.1) is 0 Å². The molecule has 0 bridgehead atoms. The van der Waals surface area contributed by atoms with Gasteiger partial charge in [0.25, 0.3) is 0 Å². The van der Waals surface area contributed by atoms with Crippen molar-refractivity contribution in [1.29, 1.82) is 0 Å². The summed E-state index contributed by atoms with van der Waals surface area (Å²) in [5.41, 5.74) is 2.10. The molecule has 0 spiro atoms. The third kappa shape index (κ3) is 4.82. The molecule has 0 unspecified atom stereocenters. The van der Waals surface area contributed by atoms with Crippen LogP contribution in [0.2, 0.25) is 5.02 Å². The Bertz CT molecular complexity index is 1070. The minimum atomic E-state index is -1.04. The number of amides is 2. The average molecular weight is 485 g/mol. The summed E-state index contributed by atoms with van der Waals surface area (Å²) in [6.45, 7) is 2.09. The summed E-state index contributed by atoms with van der Waals surface area (Å²) < 4.78 is 6.12. The Hall–Kier alpha value is -2.87. The lowest BCUT2D eigenvalue weighted by Gasteiger charge is -2.40. The van der Waals surface area contributed by atoms with E-state index in [2.05, 4.69) is 5.32 Å². The highest BCUT2D eigenvalue weighted by Gasteiger charge is 2.50. The number of halogens is 1. The van der Waals surface area contributed by atoms with Crippen LogP contribution >= 0.6 is 11.6 Å². The van der Waals surface area contributed by atoms with Gasteiger partial charge in [-0.25, -0.2) is 0 Å². The van der Waals surface area contributed by atoms with Crippen molar-refractivity contribution in [3.8, 4) is 5.75 Å². The zero-order chi connectivity index (χ0) is 24.2. The molecule has 0 saturated heterocycles. The summed E-state index contributed by atoms with van der Waals surface area (Å²) in [6, 6.07) is 13.8. The first-order chi connectivity index (χ1) is 16.4. The number of rotatable bonds is 8. The van der Waals surface area contributed by atoms with Crippen LogP contribution in [0.4, 0.5) is 0 Å². The Kier molecular flexibility index (Phi) is 7.56. The van der Waals surface area contributed by atoms with Crippen LogP contribution in [0.1, 0.15) is 36.8 Å². The van der Waals surface area contributed by atoms with E-state index < -0.39 is 24.2 Å². The molecule has 0 aromatic heterocycles. The molecule has 2 aliphatic rings. The average Bonchev–Trinajstić information content (AvgIpc) is 3.23. The second kappa shape index (κ2) is 10.6. The fourth-order valence-electron chi connectivity index (χ4n) is 4.69. The second-order valence-corrected chi connectivity index (χ2v) is 9.02. The number of nitrogens with one attached hydrogen (secondary N) is 1. The molecule has 1 aliphatic heterocycles. The van der Waals surface area contributed by atoms with Crippen molar-refractivity contribution in [3.63, 3.8) is 0 Å². The van der Waals surface area contributed by atoms with E-state index >= 15 is 0 Å². The van der Waals surface area contributed by atoms with Crippen molar-refractivity contribution >= 4 is 23.4 Å². The van der Waals surface area contributed by atoms with E-state index in [0.717, 1.165) is 11.1 Å². The minimum Gasteiger partial charge on any atom is -0.486 e. The van der Waals surface area contributed by atoms with Crippen molar-refractivity contribution < 1.29 is 24.5 Å². The van der Waals surface area contributed by atoms with Gasteiger partial charge in [-0.2, -0.15) is 0 Å². The van der Waals surface area contributed by atoms with E-state index in [4.69, 9.17) is 16.3 Å². The van der Waals surface area contributed by atoms with Crippen LogP contribution in [0.25, 0.3) is 0 Å². The van der Waals surface area contributed by atoms with E-state index in [1.807, 2.05) is 43.3 Å². The van der Waals surface area contributed by atoms with Crippen molar-refractivity contribution in [2.24, 2.45) is 0 Å². The summed E-state index contributed by atoms with van der Waals surface area (Å²) in [4.78, 5) is 27.9. The number of hydrogen-bond donors (Lipinski definition) is 3. The third-order valence-corrected chi connectivity index (χ3v) is 6.54. The number of fused-ring (bicyclic) bond motifs is 3. The standard InChI is InChI=1S/C26H29ClN2O5/c1-2-5-22(31)29(15-16-8-10-17(27)11-9-16)20-14-19(26(33)28-12-13-30)23-18-6-3-4-7-21(18)34-25(23)24(20)32/h3-4,6-11,14,20,23-25,30,32H,2,5,12-13,15H2,1H3,(H,28,33)/t20-,23+,24+,25+/m1/s1. The van der Waals surface area contributed by atoms with Gasteiger partial charge in [0.05, 0.1) is 18.6 Å². The van der Waals surface area contributed by atoms with Crippen molar-refractivity contribution in [1.82, 2.24) is 10.2 Å². The van der Waals surface area contributed by atoms with Crippen molar-refractivity contribution in [2.75, 3.05) is 13.2 Å². The summed E-state index contributed by atoms with van der Waals surface area (Å²) in [7, 11) is 0. The van der Waals surface area contributed by atoms with Crippen LogP contribution in [0.5, 0.6) is 5.75 Å². The monoisotopic (exact) mass is 484 g/mol. The number of ether oxygens (including phenoxy) is 1. The highest BCUT2D eigenvalue weighted by molar-refractivity contribution is 6.30. The van der Waals surface area contributed by atoms with Gasteiger partial charge < -0.3 is 25.2 Å². The lowest BCUT2D eigenvalue weighted by molar-refractivity contribution is -0.138. The first-order valence-electron chi connectivity index (χ1n) is 11.5. The van der Waals surface area contributed by atoms with Crippen LogP contribution in [-0.4, -0.2) is 58.3 Å². The van der Waals surface area contributed by atoms with E-state index in [-0.39, 0.29) is 31.5 Å². The predicted molar refractivity (Wildman–Crippen MR) is 128 cm³/mol. The number of carbonyl (C=O) groups excluding carboxylic acids is 2. The zero-order valence-electron chi connectivity index (χ0n) is 19.0. The zero-order valence-corrected chi connectivity index (χ0v) is 19.7. The van der Waals surface area contributed by atoms with Crippen LogP contribution in [0, 0.1) is 0 Å². The van der Waals surface area contributed by atoms with Gasteiger partial charge in [-0.1, -0.05) is 48.9 Å². The van der Waals surface area contributed by atoms with Gasteiger partial charge in [-0.05, 0) is 36.3 Å². The molecule has 2 aromatic rings. The minimum absolute atomic E-state index is 0.104. The molecule has 0 radical (unpaired) electrons. The fourth-order valence-corrected chi connectivity index (χ4v) is 4.82. The maximum absolute atomic E-state index is 13.2. The van der Waals surface area contributed by atoms with E-state index in [0.29, 0.717) is 29.2 Å². The number of aliphatic hydroxyl groups is 2. The quantitative estimate of drug-likeness (QED) is 0.535. The molecule has 2 amide bonds. The smallest absolute Gasteiger partial charge is 0.247 e. The SMILES string of the molecule is CCCC(=O)N(Cc1ccc(Cl)cc1)[C@@H]1C=C(C(=O)NCCO)[C@@H]2c3ccccc3O[C@@H]2[C@H]1O. The highest BCUT2D eigenvalue weighted by atomic mass is 35.5. The molecule has 7 nitrogen and oxygen atoms in total. The largest absolute Gasteiger partial charge is 0.486 e. The van der Waals surface area contributed by atoms with Crippen LogP contribution < -0.4 is 10.1 Å². The normalized spacial score (nSPS) is 22.8. The molecule has 0 saturated carbocycles. The van der Waals surface area contributed by atoms with Crippen molar-refractivity contribution in [2.45, 2.75) is 50.5 Å². The number of para-hydroxylation sites is 1. The molecule has 0 fully saturated rings. The van der Waals surface area contributed by atoms with Gasteiger partial charge in [0.2, 0.25) is 11.8 Å². The number of hydrogen-bond acceptors (Lipinski definition) is 5. The van der Waals surface area contributed by atoms with Crippen LogP contribution in [0.3, 0.4) is 0 Å². The third-order valence-electron chi connectivity index (χ3n) is 6.29. The molecule has 34 heavy (non-hydrogen) atoms. The number of nitrogens with zero attached hydrogens (tertiary/aromatic N) is 1. The molecule has 4 rings (SSSR count). The number of aliphatic hydroxyl groups excluding tert-OH is 2. The molecule has 1 aliphatic carbocycles. The van der Waals surface area contributed by atoms with Gasteiger partial charge >= 0.3 is 0 Å². The lowest BCUT2D eigenvalue weighted by Crippen LogP contribution is -2.55. The molecular weight excluding hydrogens is 456 g/mol. The molecule has 1 heterocycles. The summed E-state index contributed by atoms with van der Waals surface area (Å²) in [6.07, 6.45) is 0.893. The maximum Gasteiger partial charge on any atom is 0.247 e.